The van der Waals surface area contributed by atoms with Gasteiger partial charge in [-0.25, -0.2) is 4.79 Å². The summed E-state index contributed by atoms with van der Waals surface area (Å²) in [5.41, 5.74) is 5.71. The van der Waals surface area contributed by atoms with Gasteiger partial charge in [0.05, 0.1) is 5.02 Å². The van der Waals surface area contributed by atoms with E-state index in [0.29, 0.717) is 22.8 Å². The van der Waals surface area contributed by atoms with Crippen LogP contribution in [0.1, 0.15) is 21.5 Å². The number of carbonyl (C=O) groups is 2. The highest BCUT2D eigenvalue weighted by molar-refractivity contribution is 6.33. The van der Waals surface area contributed by atoms with E-state index in [9.17, 15) is 9.59 Å². The topological polar surface area (TPSA) is 70.2 Å². The van der Waals surface area contributed by atoms with E-state index in [-0.39, 0.29) is 11.9 Å². The van der Waals surface area contributed by atoms with Gasteiger partial charge >= 0.3 is 6.03 Å². The van der Waals surface area contributed by atoms with Crippen molar-refractivity contribution >= 4 is 34.9 Å². The van der Waals surface area contributed by atoms with Gasteiger partial charge in [0.25, 0.3) is 5.91 Å². The first-order chi connectivity index (χ1) is 13.5. The molecule has 0 spiro atoms. The summed E-state index contributed by atoms with van der Waals surface area (Å²) in [6.07, 6.45) is 0. The SMILES string of the molecule is Cc1cccc(NC(=O)Nc2ccc(-c3cccc4c3CNC4=O)c(Cl)c2)c1. The number of hydrogen-bond donors (Lipinski definition) is 3. The van der Waals surface area contributed by atoms with Gasteiger partial charge in [-0.15, -0.1) is 0 Å². The van der Waals surface area contributed by atoms with Crippen molar-refractivity contribution in [3.8, 4) is 11.1 Å². The lowest BCUT2D eigenvalue weighted by Crippen LogP contribution is -2.19. The van der Waals surface area contributed by atoms with Gasteiger partial charge < -0.3 is 16.0 Å². The number of halogens is 1. The van der Waals surface area contributed by atoms with Crippen LogP contribution in [0.4, 0.5) is 16.2 Å². The molecular weight excluding hydrogens is 374 g/mol. The molecule has 0 saturated carbocycles. The molecule has 3 aromatic rings. The van der Waals surface area contributed by atoms with E-state index in [1.807, 2.05) is 49.4 Å². The molecule has 28 heavy (non-hydrogen) atoms. The van der Waals surface area contributed by atoms with Crippen molar-refractivity contribution in [1.29, 1.82) is 0 Å². The average molecular weight is 392 g/mol. The number of fused-ring (bicyclic) bond motifs is 1. The minimum absolute atomic E-state index is 0.0703. The van der Waals surface area contributed by atoms with Crippen molar-refractivity contribution in [3.63, 3.8) is 0 Å². The van der Waals surface area contributed by atoms with Gasteiger partial charge in [0, 0.05) is 29.0 Å². The van der Waals surface area contributed by atoms with E-state index in [4.69, 9.17) is 11.6 Å². The fraction of sp³-hybridized carbons (Fsp3) is 0.0909. The van der Waals surface area contributed by atoms with Crippen LogP contribution in [0.25, 0.3) is 11.1 Å². The molecule has 0 bridgehead atoms. The van der Waals surface area contributed by atoms with Crippen molar-refractivity contribution in [2.75, 3.05) is 10.6 Å². The maximum absolute atomic E-state index is 12.2. The first kappa shape index (κ1) is 18.1. The van der Waals surface area contributed by atoms with Crippen molar-refractivity contribution in [3.05, 3.63) is 82.4 Å². The second kappa shape index (κ2) is 7.37. The average Bonchev–Trinajstić information content (AvgIpc) is 3.03. The maximum Gasteiger partial charge on any atom is 0.323 e. The molecule has 140 valence electrons. The molecule has 3 N–H and O–H groups in total. The summed E-state index contributed by atoms with van der Waals surface area (Å²) in [7, 11) is 0. The standard InChI is InChI=1S/C22H18ClN3O2/c1-13-4-2-5-14(10-13)25-22(28)26-15-8-9-17(20(23)11-15)16-6-3-7-18-19(16)12-24-21(18)27/h2-11H,12H2,1H3,(H,24,27)(H2,25,26,28). The number of hydrogen-bond acceptors (Lipinski definition) is 2. The number of carbonyl (C=O) groups excluding carboxylic acids is 2. The second-order valence-electron chi connectivity index (χ2n) is 6.66. The molecule has 0 aromatic heterocycles. The van der Waals surface area contributed by atoms with Crippen LogP contribution in [-0.4, -0.2) is 11.9 Å². The second-order valence-corrected chi connectivity index (χ2v) is 7.06. The van der Waals surface area contributed by atoms with E-state index < -0.39 is 0 Å². The number of benzene rings is 3. The van der Waals surface area contributed by atoms with Gasteiger partial charge in [0.2, 0.25) is 0 Å². The number of rotatable bonds is 3. The predicted octanol–water partition coefficient (Wildman–Crippen LogP) is 5.20. The van der Waals surface area contributed by atoms with Gasteiger partial charge in [-0.1, -0.05) is 41.9 Å². The van der Waals surface area contributed by atoms with Crippen molar-refractivity contribution in [1.82, 2.24) is 5.32 Å². The fourth-order valence-corrected chi connectivity index (χ4v) is 3.62. The van der Waals surface area contributed by atoms with Crippen LogP contribution in [0.5, 0.6) is 0 Å². The lowest BCUT2D eigenvalue weighted by molar-refractivity contribution is 0.0965. The number of nitrogens with one attached hydrogen (secondary N) is 3. The lowest BCUT2D eigenvalue weighted by atomic mass is 9.96. The van der Waals surface area contributed by atoms with Gasteiger partial charge in [-0.05, 0) is 53.9 Å². The number of urea groups is 1. The normalized spacial score (nSPS) is 12.3. The Morgan fingerprint density at radius 1 is 0.929 bits per heavy atom. The van der Waals surface area contributed by atoms with Crippen LogP contribution in [0.2, 0.25) is 5.02 Å². The monoisotopic (exact) mass is 391 g/mol. The molecule has 3 amide bonds. The quantitative estimate of drug-likeness (QED) is 0.574. The minimum atomic E-state index is -0.343. The van der Waals surface area contributed by atoms with Crippen molar-refractivity contribution < 1.29 is 9.59 Å². The smallest absolute Gasteiger partial charge is 0.323 e. The van der Waals surface area contributed by atoms with E-state index in [0.717, 1.165) is 27.9 Å². The number of aryl methyl sites for hydroxylation is 1. The Morgan fingerprint density at radius 2 is 1.64 bits per heavy atom. The first-order valence-corrected chi connectivity index (χ1v) is 9.24. The van der Waals surface area contributed by atoms with Gasteiger partial charge in [0.1, 0.15) is 0 Å². The van der Waals surface area contributed by atoms with E-state index in [1.54, 1.807) is 18.2 Å². The highest BCUT2D eigenvalue weighted by Crippen LogP contribution is 2.35. The fourth-order valence-electron chi connectivity index (χ4n) is 3.33. The summed E-state index contributed by atoms with van der Waals surface area (Å²) >= 11 is 6.49. The summed E-state index contributed by atoms with van der Waals surface area (Å²) < 4.78 is 0. The van der Waals surface area contributed by atoms with Gasteiger partial charge in [-0.3, -0.25) is 4.79 Å². The Labute approximate surface area is 167 Å². The Hall–Kier alpha value is -3.31. The molecule has 3 aromatic carbocycles. The third-order valence-corrected chi connectivity index (χ3v) is 4.95. The zero-order chi connectivity index (χ0) is 19.7. The summed E-state index contributed by atoms with van der Waals surface area (Å²) in [6.45, 7) is 2.45. The van der Waals surface area contributed by atoms with Crippen molar-refractivity contribution in [2.24, 2.45) is 0 Å². The van der Waals surface area contributed by atoms with Crippen LogP contribution in [0.15, 0.2) is 60.7 Å². The first-order valence-electron chi connectivity index (χ1n) is 8.86. The van der Waals surface area contributed by atoms with Crippen LogP contribution in [0.3, 0.4) is 0 Å². The van der Waals surface area contributed by atoms with Gasteiger partial charge in [0.15, 0.2) is 0 Å². The molecule has 0 atom stereocenters. The highest BCUT2D eigenvalue weighted by Gasteiger charge is 2.22. The van der Waals surface area contributed by atoms with Crippen molar-refractivity contribution in [2.45, 2.75) is 13.5 Å². The van der Waals surface area contributed by atoms with Gasteiger partial charge in [-0.2, -0.15) is 0 Å². The number of amides is 3. The molecule has 0 radical (unpaired) electrons. The molecule has 4 rings (SSSR count). The summed E-state index contributed by atoms with van der Waals surface area (Å²) in [4.78, 5) is 24.1. The maximum atomic E-state index is 12.2. The number of anilines is 2. The Balaban J connectivity index is 1.54. The van der Waals surface area contributed by atoms with E-state index >= 15 is 0 Å². The van der Waals surface area contributed by atoms with Crippen LogP contribution >= 0.6 is 11.6 Å². The Morgan fingerprint density at radius 3 is 2.39 bits per heavy atom. The molecule has 1 aliphatic rings. The summed E-state index contributed by atoms with van der Waals surface area (Å²) in [6, 6.07) is 18.2. The molecule has 0 aliphatic carbocycles. The van der Waals surface area contributed by atoms with Crippen LogP contribution in [-0.2, 0) is 6.54 Å². The highest BCUT2D eigenvalue weighted by atomic mass is 35.5. The molecule has 1 aliphatic heterocycles. The lowest BCUT2D eigenvalue weighted by Gasteiger charge is -2.12. The third kappa shape index (κ3) is 3.57. The Bertz CT molecular complexity index is 1090. The molecular formula is C22H18ClN3O2. The largest absolute Gasteiger partial charge is 0.348 e. The molecule has 0 unspecified atom stereocenters. The molecule has 1 heterocycles. The molecule has 5 nitrogen and oxygen atoms in total. The molecule has 0 fully saturated rings. The zero-order valence-corrected chi connectivity index (χ0v) is 15.9. The summed E-state index contributed by atoms with van der Waals surface area (Å²) in [5, 5.41) is 8.92. The zero-order valence-electron chi connectivity index (χ0n) is 15.2. The minimum Gasteiger partial charge on any atom is -0.348 e. The third-order valence-electron chi connectivity index (χ3n) is 4.64. The Kier molecular flexibility index (Phi) is 4.75. The molecule has 6 heteroatoms. The molecule has 0 saturated heterocycles. The summed E-state index contributed by atoms with van der Waals surface area (Å²) in [5.74, 6) is -0.0703. The van der Waals surface area contributed by atoms with Crippen LogP contribution < -0.4 is 16.0 Å². The van der Waals surface area contributed by atoms with Crippen LogP contribution in [0, 0.1) is 6.92 Å². The van der Waals surface area contributed by atoms with E-state index in [1.165, 1.54) is 0 Å². The van der Waals surface area contributed by atoms with E-state index in [2.05, 4.69) is 16.0 Å². The predicted molar refractivity (Wildman–Crippen MR) is 112 cm³/mol.